The highest BCUT2D eigenvalue weighted by Gasteiger charge is 2.05. The van der Waals surface area contributed by atoms with E-state index in [1.807, 2.05) is 10.8 Å². The summed E-state index contributed by atoms with van der Waals surface area (Å²) in [4.78, 5) is 19.3. The van der Waals surface area contributed by atoms with E-state index in [2.05, 4.69) is 15.3 Å². The van der Waals surface area contributed by atoms with Crippen molar-refractivity contribution in [2.24, 2.45) is 0 Å². The number of nitrogens with one attached hydrogen (secondary N) is 1. The summed E-state index contributed by atoms with van der Waals surface area (Å²) in [6.45, 7) is 1.14. The SMILES string of the molecule is O=C(NCCn1ccnc1)c1cncc(O)c1. The van der Waals surface area contributed by atoms with E-state index < -0.39 is 0 Å². The van der Waals surface area contributed by atoms with Crippen molar-refractivity contribution in [2.75, 3.05) is 6.54 Å². The molecule has 1 amide bonds. The van der Waals surface area contributed by atoms with Crippen LogP contribution >= 0.6 is 0 Å². The van der Waals surface area contributed by atoms with E-state index in [1.54, 1.807) is 12.5 Å². The normalized spacial score (nSPS) is 10.1. The molecule has 0 aliphatic carbocycles. The number of nitrogens with zero attached hydrogens (tertiary/aromatic N) is 3. The molecule has 2 aromatic rings. The molecule has 0 aliphatic rings. The number of hydrogen-bond acceptors (Lipinski definition) is 4. The maximum atomic E-state index is 11.6. The fourth-order valence-corrected chi connectivity index (χ4v) is 1.37. The summed E-state index contributed by atoms with van der Waals surface area (Å²) in [5.41, 5.74) is 0.343. The van der Waals surface area contributed by atoms with Crippen LogP contribution in [0.3, 0.4) is 0 Å². The van der Waals surface area contributed by atoms with Crippen LogP contribution in [0.15, 0.2) is 37.2 Å². The van der Waals surface area contributed by atoms with Crippen LogP contribution in [0.2, 0.25) is 0 Å². The molecule has 0 saturated carbocycles. The highest BCUT2D eigenvalue weighted by Crippen LogP contribution is 2.07. The predicted molar refractivity (Wildman–Crippen MR) is 60.5 cm³/mol. The Morgan fingerprint density at radius 2 is 2.29 bits per heavy atom. The van der Waals surface area contributed by atoms with Crippen molar-refractivity contribution in [3.05, 3.63) is 42.7 Å². The van der Waals surface area contributed by atoms with Crippen LogP contribution in [0.5, 0.6) is 5.75 Å². The molecule has 0 saturated heterocycles. The molecule has 0 radical (unpaired) electrons. The molecule has 0 aromatic carbocycles. The molecule has 2 N–H and O–H groups in total. The molecule has 17 heavy (non-hydrogen) atoms. The number of carbonyl (C=O) groups excluding carboxylic acids is 1. The van der Waals surface area contributed by atoms with Crippen LogP contribution in [-0.2, 0) is 6.54 Å². The van der Waals surface area contributed by atoms with Gasteiger partial charge in [-0.15, -0.1) is 0 Å². The Morgan fingerprint density at radius 1 is 1.41 bits per heavy atom. The molecule has 6 heteroatoms. The summed E-state index contributed by atoms with van der Waals surface area (Å²) >= 11 is 0. The lowest BCUT2D eigenvalue weighted by atomic mass is 10.2. The molecular formula is C11H12N4O2. The number of carbonyl (C=O) groups is 1. The fourth-order valence-electron chi connectivity index (χ4n) is 1.37. The molecule has 0 fully saturated rings. The molecule has 2 rings (SSSR count). The van der Waals surface area contributed by atoms with Crippen LogP contribution in [-0.4, -0.2) is 32.1 Å². The second-order valence-corrected chi connectivity index (χ2v) is 3.49. The summed E-state index contributed by atoms with van der Waals surface area (Å²) in [6, 6.07) is 1.37. The highest BCUT2D eigenvalue weighted by atomic mass is 16.3. The van der Waals surface area contributed by atoms with E-state index in [-0.39, 0.29) is 11.7 Å². The number of aromatic hydroxyl groups is 1. The van der Waals surface area contributed by atoms with Gasteiger partial charge < -0.3 is 15.0 Å². The summed E-state index contributed by atoms with van der Waals surface area (Å²) in [5.74, 6) is -0.277. The first-order valence-electron chi connectivity index (χ1n) is 5.13. The Kier molecular flexibility index (Phi) is 3.34. The molecule has 0 atom stereocenters. The first-order chi connectivity index (χ1) is 8.25. The third-order valence-electron chi connectivity index (χ3n) is 2.20. The molecular weight excluding hydrogens is 220 g/mol. The molecule has 0 spiro atoms. The van der Waals surface area contributed by atoms with Crippen molar-refractivity contribution >= 4 is 5.91 Å². The van der Waals surface area contributed by atoms with E-state index in [9.17, 15) is 9.90 Å². The zero-order chi connectivity index (χ0) is 12.1. The molecule has 0 bridgehead atoms. The van der Waals surface area contributed by atoms with Gasteiger partial charge in [-0.05, 0) is 6.07 Å². The van der Waals surface area contributed by atoms with Gasteiger partial charge in [-0.25, -0.2) is 4.98 Å². The Morgan fingerprint density at radius 3 is 3.00 bits per heavy atom. The predicted octanol–water partition coefficient (Wildman–Crippen LogP) is 0.414. The van der Waals surface area contributed by atoms with Crippen LogP contribution in [0.1, 0.15) is 10.4 Å². The van der Waals surface area contributed by atoms with Crippen LogP contribution in [0, 0.1) is 0 Å². The third kappa shape index (κ3) is 3.04. The highest BCUT2D eigenvalue weighted by molar-refractivity contribution is 5.94. The Balaban J connectivity index is 1.85. The van der Waals surface area contributed by atoms with Crippen molar-refractivity contribution in [1.29, 1.82) is 0 Å². The smallest absolute Gasteiger partial charge is 0.253 e. The minimum absolute atomic E-state index is 0.0211. The lowest BCUT2D eigenvalue weighted by Crippen LogP contribution is -2.27. The van der Waals surface area contributed by atoms with Gasteiger partial charge in [0.15, 0.2) is 0 Å². The maximum absolute atomic E-state index is 11.6. The molecule has 6 nitrogen and oxygen atoms in total. The minimum atomic E-state index is -0.256. The van der Waals surface area contributed by atoms with Gasteiger partial charge in [0, 0.05) is 31.7 Å². The topological polar surface area (TPSA) is 80.0 Å². The average Bonchev–Trinajstić information content (AvgIpc) is 2.82. The lowest BCUT2D eigenvalue weighted by molar-refractivity contribution is 0.0951. The third-order valence-corrected chi connectivity index (χ3v) is 2.20. The molecule has 2 aromatic heterocycles. The number of hydrogen-bond donors (Lipinski definition) is 2. The number of aromatic nitrogens is 3. The number of imidazole rings is 1. The Bertz CT molecular complexity index is 496. The van der Waals surface area contributed by atoms with Gasteiger partial charge >= 0.3 is 0 Å². The van der Waals surface area contributed by atoms with E-state index in [0.717, 1.165) is 0 Å². The monoisotopic (exact) mass is 232 g/mol. The fraction of sp³-hybridized carbons (Fsp3) is 0.182. The van der Waals surface area contributed by atoms with Gasteiger partial charge in [-0.1, -0.05) is 0 Å². The number of amides is 1. The summed E-state index contributed by atoms with van der Waals surface area (Å²) < 4.78 is 1.86. The van der Waals surface area contributed by atoms with Gasteiger partial charge in [0.05, 0.1) is 18.1 Å². The first kappa shape index (κ1) is 11.1. The average molecular weight is 232 g/mol. The number of rotatable bonds is 4. The minimum Gasteiger partial charge on any atom is -0.506 e. The van der Waals surface area contributed by atoms with E-state index >= 15 is 0 Å². The largest absolute Gasteiger partial charge is 0.506 e. The van der Waals surface area contributed by atoms with Crippen molar-refractivity contribution in [3.63, 3.8) is 0 Å². The Hall–Kier alpha value is -2.37. The van der Waals surface area contributed by atoms with Crippen LogP contribution in [0.25, 0.3) is 0 Å². The maximum Gasteiger partial charge on any atom is 0.253 e. The zero-order valence-corrected chi connectivity index (χ0v) is 9.08. The van der Waals surface area contributed by atoms with Gasteiger partial charge in [-0.2, -0.15) is 0 Å². The summed E-state index contributed by atoms with van der Waals surface area (Å²) in [6.07, 6.45) is 7.87. The second-order valence-electron chi connectivity index (χ2n) is 3.49. The van der Waals surface area contributed by atoms with Crippen molar-refractivity contribution in [2.45, 2.75) is 6.54 Å². The van der Waals surface area contributed by atoms with E-state index in [4.69, 9.17) is 0 Å². The summed E-state index contributed by atoms with van der Waals surface area (Å²) in [5, 5.41) is 11.9. The van der Waals surface area contributed by atoms with Crippen LogP contribution < -0.4 is 5.32 Å². The van der Waals surface area contributed by atoms with E-state index in [0.29, 0.717) is 18.7 Å². The van der Waals surface area contributed by atoms with Gasteiger partial charge in [-0.3, -0.25) is 9.78 Å². The molecule has 2 heterocycles. The van der Waals surface area contributed by atoms with Gasteiger partial charge in [0.2, 0.25) is 0 Å². The van der Waals surface area contributed by atoms with Crippen molar-refractivity contribution < 1.29 is 9.90 Å². The molecule has 88 valence electrons. The second kappa shape index (κ2) is 5.11. The Labute approximate surface area is 97.9 Å². The van der Waals surface area contributed by atoms with Crippen molar-refractivity contribution in [3.8, 4) is 5.75 Å². The quantitative estimate of drug-likeness (QED) is 0.800. The number of pyridine rings is 1. The standard InChI is InChI=1S/C11H12N4O2/c16-10-5-9(6-13-7-10)11(17)14-2-4-15-3-1-12-8-15/h1,3,5-8,16H,2,4H2,(H,14,17). The van der Waals surface area contributed by atoms with Gasteiger partial charge in [0.1, 0.15) is 5.75 Å². The first-order valence-corrected chi connectivity index (χ1v) is 5.13. The zero-order valence-electron chi connectivity index (χ0n) is 9.08. The summed E-state index contributed by atoms with van der Waals surface area (Å²) in [7, 11) is 0. The van der Waals surface area contributed by atoms with Crippen LogP contribution in [0.4, 0.5) is 0 Å². The molecule has 0 aliphatic heterocycles. The lowest BCUT2D eigenvalue weighted by Gasteiger charge is -2.05. The molecule has 0 unspecified atom stereocenters. The van der Waals surface area contributed by atoms with E-state index in [1.165, 1.54) is 18.5 Å². The van der Waals surface area contributed by atoms with Crippen molar-refractivity contribution in [1.82, 2.24) is 19.9 Å². The van der Waals surface area contributed by atoms with Gasteiger partial charge in [0.25, 0.3) is 5.91 Å².